The predicted octanol–water partition coefficient (Wildman–Crippen LogP) is 10.5. The van der Waals surface area contributed by atoms with Gasteiger partial charge in [0.15, 0.2) is 0 Å². The highest BCUT2D eigenvalue weighted by molar-refractivity contribution is 7.26. The molecule has 1 atom stereocenters. The molecule has 0 bridgehead atoms. The minimum absolute atomic E-state index is 0.0993. The van der Waals surface area contributed by atoms with Crippen molar-refractivity contribution in [3.05, 3.63) is 156 Å². The predicted molar refractivity (Wildman–Crippen MR) is 187 cm³/mol. The molecule has 2 heterocycles. The first-order chi connectivity index (χ1) is 21.8. The van der Waals surface area contributed by atoms with Gasteiger partial charge in [-0.15, -0.1) is 11.3 Å². The summed E-state index contributed by atoms with van der Waals surface area (Å²) in [5, 5.41) is 14.4. The van der Waals surface area contributed by atoms with Crippen LogP contribution in [0.3, 0.4) is 0 Å². The molecule has 44 heavy (non-hydrogen) atoms. The summed E-state index contributed by atoms with van der Waals surface area (Å²) >= 11 is 1.89. The number of aromatic nitrogens is 1. The fourth-order valence-corrected chi connectivity index (χ4v) is 8.50. The molecule has 0 aliphatic heterocycles. The van der Waals surface area contributed by atoms with Crippen molar-refractivity contribution in [2.75, 3.05) is 5.43 Å². The number of hydrogen-bond donors (Lipinski definition) is 2. The Hall–Kier alpha value is -5.19. The normalized spacial score (nSPS) is 13.0. The third-order valence-corrected chi connectivity index (χ3v) is 10.4. The van der Waals surface area contributed by atoms with E-state index in [-0.39, 0.29) is 6.04 Å². The zero-order valence-corrected chi connectivity index (χ0v) is 24.9. The Morgan fingerprint density at radius 3 is 2.25 bits per heavy atom. The first-order valence-electron chi connectivity index (χ1n) is 15.2. The second kappa shape index (κ2) is 9.94. The van der Waals surface area contributed by atoms with Crippen LogP contribution in [0.4, 0.5) is 0 Å². The van der Waals surface area contributed by atoms with Crippen LogP contribution in [0.2, 0.25) is 0 Å². The molecule has 4 heteroatoms. The van der Waals surface area contributed by atoms with Crippen LogP contribution in [-0.2, 0) is 6.42 Å². The number of fused-ring (bicyclic) bond motifs is 12. The molecule has 0 amide bonds. The van der Waals surface area contributed by atoms with Gasteiger partial charge in [-0.1, -0.05) is 121 Å². The molecule has 0 fully saturated rings. The maximum atomic E-state index is 9.10. The zero-order valence-electron chi connectivity index (χ0n) is 24.0. The van der Waals surface area contributed by atoms with Crippen LogP contribution in [-0.4, -0.2) is 10.4 Å². The summed E-state index contributed by atoms with van der Waals surface area (Å²) in [6.45, 7) is 0. The summed E-state index contributed by atoms with van der Waals surface area (Å²) in [5.41, 5.74) is 14.7. The Morgan fingerprint density at radius 1 is 0.727 bits per heavy atom. The molecule has 1 aliphatic carbocycles. The maximum Gasteiger partial charge on any atom is 0.0888 e. The van der Waals surface area contributed by atoms with Gasteiger partial charge in [-0.2, -0.15) is 0 Å². The maximum absolute atomic E-state index is 9.10. The van der Waals surface area contributed by atoms with E-state index in [1.54, 1.807) is 0 Å². The molecular formula is C40H29N3S. The van der Waals surface area contributed by atoms with Crippen LogP contribution in [0, 0.1) is 5.41 Å². The van der Waals surface area contributed by atoms with Crippen molar-refractivity contribution in [3.63, 3.8) is 0 Å². The fourth-order valence-electron chi connectivity index (χ4n) is 7.25. The SMILES string of the molecule is N=C(CC(Nn1c2ccccc2c2c3c(c4c5ccccc5sc4c21)-c1ccccc1C3)c1ccccc1)c1ccccc1. The van der Waals surface area contributed by atoms with Gasteiger partial charge in [-0.3, -0.25) is 4.68 Å². The Kier molecular flexibility index (Phi) is 5.72. The van der Waals surface area contributed by atoms with Crippen LogP contribution in [0.15, 0.2) is 133 Å². The first kappa shape index (κ1) is 25.3. The minimum atomic E-state index is -0.0993. The number of hydrogen-bond acceptors (Lipinski definition) is 3. The molecule has 2 N–H and O–H groups in total. The molecule has 8 aromatic rings. The molecule has 2 aromatic heterocycles. The third kappa shape index (κ3) is 3.78. The summed E-state index contributed by atoms with van der Waals surface area (Å²) in [6.07, 6.45) is 1.49. The van der Waals surface area contributed by atoms with Gasteiger partial charge >= 0.3 is 0 Å². The number of nitrogens with one attached hydrogen (secondary N) is 2. The number of nitrogens with zero attached hydrogens (tertiary/aromatic N) is 1. The third-order valence-electron chi connectivity index (χ3n) is 9.21. The van der Waals surface area contributed by atoms with Crippen molar-refractivity contribution in [2.24, 2.45) is 0 Å². The number of rotatable bonds is 6. The average Bonchev–Trinajstić information content (AvgIpc) is 3.75. The van der Waals surface area contributed by atoms with Gasteiger partial charge in [0, 0.05) is 38.4 Å². The van der Waals surface area contributed by atoms with Crippen molar-refractivity contribution in [2.45, 2.75) is 18.9 Å². The van der Waals surface area contributed by atoms with E-state index in [9.17, 15) is 0 Å². The van der Waals surface area contributed by atoms with Crippen LogP contribution in [0.5, 0.6) is 0 Å². The van der Waals surface area contributed by atoms with Gasteiger partial charge < -0.3 is 10.8 Å². The molecule has 6 aromatic carbocycles. The Bertz CT molecular complexity index is 2380. The smallest absolute Gasteiger partial charge is 0.0888 e. The largest absolute Gasteiger partial charge is 0.317 e. The lowest BCUT2D eigenvalue weighted by molar-refractivity contribution is 0.718. The second-order valence-corrected chi connectivity index (χ2v) is 12.8. The van der Waals surface area contributed by atoms with Crippen LogP contribution in [0.1, 0.15) is 34.7 Å². The van der Waals surface area contributed by atoms with Gasteiger partial charge in [0.05, 0.1) is 21.8 Å². The molecule has 0 saturated heterocycles. The van der Waals surface area contributed by atoms with Gasteiger partial charge in [0.1, 0.15) is 0 Å². The lowest BCUT2D eigenvalue weighted by Gasteiger charge is -2.23. The molecule has 1 aliphatic rings. The van der Waals surface area contributed by atoms with E-state index in [1.807, 2.05) is 41.7 Å². The monoisotopic (exact) mass is 583 g/mol. The van der Waals surface area contributed by atoms with Crippen LogP contribution >= 0.6 is 11.3 Å². The number of thiophene rings is 1. The molecular weight excluding hydrogens is 555 g/mol. The number of para-hydroxylation sites is 1. The molecule has 210 valence electrons. The second-order valence-electron chi connectivity index (χ2n) is 11.7. The Labute approximate surface area is 259 Å². The van der Waals surface area contributed by atoms with E-state index in [2.05, 4.69) is 113 Å². The highest BCUT2D eigenvalue weighted by atomic mass is 32.1. The van der Waals surface area contributed by atoms with Crippen LogP contribution in [0.25, 0.3) is 53.1 Å². The summed E-state index contributed by atoms with van der Waals surface area (Å²) in [4.78, 5) is 0. The average molecular weight is 584 g/mol. The highest BCUT2D eigenvalue weighted by Crippen LogP contribution is 2.52. The minimum Gasteiger partial charge on any atom is -0.317 e. The van der Waals surface area contributed by atoms with Crippen molar-refractivity contribution < 1.29 is 0 Å². The Balaban J connectivity index is 1.34. The summed E-state index contributed by atoms with van der Waals surface area (Å²) in [7, 11) is 0. The lowest BCUT2D eigenvalue weighted by Crippen LogP contribution is -2.23. The van der Waals surface area contributed by atoms with E-state index in [1.165, 1.54) is 64.3 Å². The van der Waals surface area contributed by atoms with Gasteiger partial charge in [-0.05, 0) is 51.9 Å². The number of benzene rings is 6. The quantitative estimate of drug-likeness (QED) is 0.188. The van der Waals surface area contributed by atoms with Crippen molar-refractivity contribution >= 4 is 59.0 Å². The summed E-state index contributed by atoms with van der Waals surface area (Å²) in [5.74, 6) is 0. The fraction of sp³-hybridized carbons (Fsp3) is 0.0750. The molecule has 0 spiro atoms. The molecule has 3 nitrogen and oxygen atoms in total. The molecule has 0 saturated carbocycles. The molecule has 0 radical (unpaired) electrons. The highest BCUT2D eigenvalue weighted by Gasteiger charge is 2.30. The summed E-state index contributed by atoms with van der Waals surface area (Å²) < 4.78 is 4.97. The van der Waals surface area contributed by atoms with E-state index in [4.69, 9.17) is 5.41 Å². The standard InChI is InChI=1S/C40H29N3S/c41-32(25-13-3-1-4-14-25)24-33(26-15-5-2-6-16-26)42-43-34-21-11-9-19-29(34)37-31-23-27-17-7-8-18-28(27)36(31)38-30-20-10-12-22-35(30)44-40(38)39(37)43/h1-22,33,41-42H,23-24H2. The summed E-state index contributed by atoms with van der Waals surface area (Å²) in [6, 6.07) is 47.2. The lowest BCUT2D eigenvalue weighted by atomic mass is 9.95. The molecule has 1 unspecified atom stereocenters. The van der Waals surface area contributed by atoms with Crippen LogP contribution < -0.4 is 5.43 Å². The van der Waals surface area contributed by atoms with E-state index < -0.39 is 0 Å². The van der Waals surface area contributed by atoms with Crippen molar-refractivity contribution in [1.29, 1.82) is 5.41 Å². The molecule has 9 rings (SSSR count). The van der Waals surface area contributed by atoms with Gasteiger partial charge in [0.2, 0.25) is 0 Å². The van der Waals surface area contributed by atoms with Crippen molar-refractivity contribution in [3.8, 4) is 11.1 Å². The van der Waals surface area contributed by atoms with E-state index in [0.29, 0.717) is 12.1 Å². The first-order valence-corrected chi connectivity index (χ1v) is 16.0. The zero-order chi connectivity index (χ0) is 29.2. The van der Waals surface area contributed by atoms with Crippen molar-refractivity contribution in [1.82, 2.24) is 4.68 Å². The van der Waals surface area contributed by atoms with Gasteiger partial charge in [0.25, 0.3) is 0 Å². The Morgan fingerprint density at radius 2 is 1.41 bits per heavy atom. The van der Waals surface area contributed by atoms with E-state index >= 15 is 0 Å². The van der Waals surface area contributed by atoms with E-state index in [0.717, 1.165) is 17.5 Å². The topological polar surface area (TPSA) is 40.8 Å². The van der Waals surface area contributed by atoms with Gasteiger partial charge in [-0.25, -0.2) is 0 Å².